The van der Waals surface area contributed by atoms with E-state index < -0.39 is 22.0 Å². The summed E-state index contributed by atoms with van der Waals surface area (Å²) in [7, 11) is -0.463. The van der Waals surface area contributed by atoms with Crippen molar-refractivity contribution in [3.8, 4) is 17.2 Å². The summed E-state index contributed by atoms with van der Waals surface area (Å²) in [6, 6.07) is 14.4. The molecule has 3 saturated heterocycles. The number of aromatic nitrogens is 2. The summed E-state index contributed by atoms with van der Waals surface area (Å²) in [6.07, 6.45) is 8.03. The van der Waals surface area contributed by atoms with Crippen LogP contribution in [0.25, 0.3) is 0 Å². The second-order valence-electron chi connectivity index (χ2n) is 16.7. The van der Waals surface area contributed by atoms with Crippen molar-refractivity contribution >= 4 is 73.9 Å². The minimum Gasteiger partial charge on any atom is -0.497 e. The van der Waals surface area contributed by atoms with Gasteiger partial charge in [0.25, 0.3) is 5.91 Å². The molecule has 0 bridgehead atoms. The van der Waals surface area contributed by atoms with Gasteiger partial charge in [-0.3, -0.25) is 24.4 Å². The number of benzene rings is 3. The van der Waals surface area contributed by atoms with Crippen molar-refractivity contribution in [3.05, 3.63) is 76.4 Å². The number of ether oxygens (including phenoxy) is 3. The Labute approximate surface area is 378 Å². The molecule has 17 nitrogen and oxygen atoms in total. The minimum absolute atomic E-state index is 0.197. The van der Waals surface area contributed by atoms with Gasteiger partial charge in [-0.15, -0.1) is 0 Å². The molecule has 0 radical (unpaired) electrons. The zero-order valence-corrected chi connectivity index (χ0v) is 38.0. The summed E-state index contributed by atoms with van der Waals surface area (Å²) in [4.78, 5) is 53.2. The molecule has 8 rings (SSSR count). The van der Waals surface area contributed by atoms with Gasteiger partial charge in [0.15, 0.2) is 5.82 Å². The first-order valence-electron chi connectivity index (χ1n) is 21.6. The molecule has 0 spiro atoms. The Kier molecular flexibility index (Phi) is 13.3. The lowest BCUT2D eigenvalue weighted by molar-refractivity contribution is -0.136. The maximum Gasteiger partial charge on any atom is 0.255 e. The van der Waals surface area contributed by atoms with E-state index >= 15 is 0 Å². The van der Waals surface area contributed by atoms with Crippen molar-refractivity contribution in [2.75, 3.05) is 73.5 Å². The van der Waals surface area contributed by atoms with Gasteiger partial charge >= 0.3 is 0 Å². The molecule has 1 atom stereocenters. The number of aryl methyl sites for hydroxylation is 1. The molecule has 4 N–H and O–H groups in total. The number of carbonyl (C=O) groups excluding carboxylic acids is 3. The number of imide groups is 1. The van der Waals surface area contributed by atoms with Gasteiger partial charge in [0.2, 0.25) is 27.8 Å². The van der Waals surface area contributed by atoms with Crippen molar-refractivity contribution < 1.29 is 37.0 Å². The highest BCUT2D eigenvalue weighted by Gasteiger charge is 2.40. The molecular formula is C45H54ClN9O8S. The molecule has 19 heteroatoms. The van der Waals surface area contributed by atoms with Crippen LogP contribution in [0, 0.1) is 5.92 Å². The first-order valence-corrected chi connectivity index (χ1v) is 23.9. The second-order valence-corrected chi connectivity index (χ2v) is 18.8. The summed E-state index contributed by atoms with van der Waals surface area (Å²) >= 11 is 6.51. The molecule has 340 valence electrons. The number of hydrogen-bond acceptors (Lipinski definition) is 14. The first-order chi connectivity index (χ1) is 30.8. The van der Waals surface area contributed by atoms with Crippen LogP contribution in [0.4, 0.5) is 34.5 Å². The SMILES string of the molecule is CCc1cc(Nc2ncc(Cl)c(Nc3ccc(OC)cc3NS(C)(=O)=O)n2)c(OC)cc1N1CCC(N2CCC(COc3cccc4c3CN(C3CCC(=O)NC3=O)C4=O)CC2)CC1. The Morgan fingerprint density at radius 1 is 0.891 bits per heavy atom. The predicted molar refractivity (Wildman–Crippen MR) is 245 cm³/mol. The highest BCUT2D eigenvalue weighted by Crippen LogP contribution is 2.39. The molecule has 3 amide bonds. The van der Waals surface area contributed by atoms with Crippen molar-refractivity contribution in [1.29, 1.82) is 0 Å². The van der Waals surface area contributed by atoms with Crippen LogP contribution in [-0.2, 0) is 32.6 Å². The van der Waals surface area contributed by atoms with Crippen molar-refractivity contribution in [3.63, 3.8) is 0 Å². The van der Waals surface area contributed by atoms with E-state index in [-0.39, 0.29) is 40.7 Å². The van der Waals surface area contributed by atoms with Gasteiger partial charge in [0.1, 0.15) is 28.3 Å². The van der Waals surface area contributed by atoms with Crippen LogP contribution in [0.5, 0.6) is 17.2 Å². The van der Waals surface area contributed by atoms with Crippen LogP contribution < -0.4 is 39.8 Å². The third kappa shape index (κ3) is 9.93. The van der Waals surface area contributed by atoms with E-state index in [1.807, 2.05) is 12.1 Å². The van der Waals surface area contributed by atoms with Gasteiger partial charge in [0, 0.05) is 54.5 Å². The average Bonchev–Trinajstić information content (AvgIpc) is 3.62. The van der Waals surface area contributed by atoms with Gasteiger partial charge in [-0.25, -0.2) is 13.4 Å². The van der Waals surface area contributed by atoms with Gasteiger partial charge in [-0.1, -0.05) is 24.6 Å². The maximum absolute atomic E-state index is 13.3. The van der Waals surface area contributed by atoms with Crippen LogP contribution in [0.3, 0.4) is 0 Å². The van der Waals surface area contributed by atoms with Gasteiger partial charge in [-0.2, -0.15) is 4.98 Å². The monoisotopic (exact) mass is 915 g/mol. The Hall–Kier alpha value is -5.85. The molecule has 1 unspecified atom stereocenters. The van der Waals surface area contributed by atoms with Crippen molar-refractivity contribution in [2.24, 2.45) is 5.92 Å². The predicted octanol–water partition coefficient (Wildman–Crippen LogP) is 6.09. The van der Waals surface area contributed by atoms with E-state index in [9.17, 15) is 22.8 Å². The molecule has 4 aromatic rings. The van der Waals surface area contributed by atoms with Crippen LogP contribution >= 0.6 is 11.6 Å². The highest BCUT2D eigenvalue weighted by atomic mass is 35.5. The van der Waals surface area contributed by atoms with E-state index in [1.54, 1.807) is 36.3 Å². The number of sulfonamides is 1. The lowest BCUT2D eigenvalue weighted by atomic mass is 9.93. The average molecular weight is 917 g/mol. The maximum atomic E-state index is 13.3. The topological polar surface area (TPSA) is 197 Å². The molecule has 0 saturated carbocycles. The van der Waals surface area contributed by atoms with E-state index in [1.165, 1.54) is 13.3 Å². The number of fused-ring (bicyclic) bond motifs is 1. The van der Waals surface area contributed by atoms with Gasteiger partial charge < -0.3 is 39.5 Å². The molecule has 5 heterocycles. The summed E-state index contributed by atoms with van der Waals surface area (Å²) in [6.45, 7) is 6.84. The van der Waals surface area contributed by atoms with Crippen molar-refractivity contribution in [1.82, 2.24) is 25.1 Å². The second kappa shape index (κ2) is 19.1. The largest absolute Gasteiger partial charge is 0.497 e. The fourth-order valence-electron chi connectivity index (χ4n) is 9.12. The molecule has 64 heavy (non-hydrogen) atoms. The Balaban J connectivity index is 0.853. The third-order valence-corrected chi connectivity index (χ3v) is 13.4. The van der Waals surface area contributed by atoms with E-state index in [2.05, 4.69) is 59.5 Å². The lowest BCUT2D eigenvalue weighted by Crippen LogP contribution is -2.52. The number of likely N-dealkylation sites (tertiary alicyclic amines) is 1. The number of carbonyl (C=O) groups is 3. The summed E-state index contributed by atoms with van der Waals surface area (Å²) in [5.41, 5.74) is 5.04. The molecule has 3 fully saturated rings. The summed E-state index contributed by atoms with van der Waals surface area (Å²) < 4.78 is 44.3. The van der Waals surface area contributed by atoms with Gasteiger partial charge in [-0.05, 0) is 93.4 Å². The fraction of sp³-hybridized carbons (Fsp3) is 0.444. The smallest absolute Gasteiger partial charge is 0.255 e. The standard InChI is InChI=1S/C45H54ClN9O8S/c1-5-28-21-36(49-45-47-24-33(46)42(51-45)48-34-10-9-30(61-2)22-35(34)52-64(4,59)60)40(62-3)23-38(28)54-19-15-29(16-20-54)53-17-13-27(14-18-53)26-63-39-8-6-7-31-32(39)25-55(44(31)58)37-11-12-41(56)50-43(37)57/h6-10,21-24,27,29,37,52H,5,11-20,25-26H2,1-4H3,(H,50,56,57)(H2,47,48,49,51). The Morgan fingerprint density at radius 3 is 2.38 bits per heavy atom. The first kappa shape index (κ1) is 44.7. The molecular weight excluding hydrogens is 862 g/mol. The zero-order valence-electron chi connectivity index (χ0n) is 36.4. The summed E-state index contributed by atoms with van der Waals surface area (Å²) in [5.74, 6) is 1.81. The molecule has 0 aliphatic carbocycles. The fourth-order valence-corrected chi connectivity index (χ4v) is 9.83. The quantitative estimate of drug-likeness (QED) is 0.100. The highest BCUT2D eigenvalue weighted by molar-refractivity contribution is 7.92. The number of halogens is 1. The Morgan fingerprint density at radius 2 is 1.67 bits per heavy atom. The number of hydrogen-bond donors (Lipinski definition) is 4. The van der Waals surface area contributed by atoms with Crippen LogP contribution in [0.15, 0.2) is 54.7 Å². The van der Waals surface area contributed by atoms with Crippen LogP contribution in [0.2, 0.25) is 5.02 Å². The normalized spacial score (nSPS) is 18.7. The number of nitrogens with one attached hydrogen (secondary N) is 4. The molecule has 3 aromatic carbocycles. The molecule has 4 aliphatic heterocycles. The number of nitrogens with zero attached hydrogens (tertiary/aromatic N) is 5. The Bertz CT molecular complexity index is 2530. The molecule has 1 aromatic heterocycles. The number of piperidine rings is 3. The van der Waals surface area contributed by atoms with E-state index in [0.717, 1.165) is 81.4 Å². The lowest BCUT2D eigenvalue weighted by Gasteiger charge is -2.42. The van der Waals surface area contributed by atoms with Crippen LogP contribution in [-0.4, -0.2) is 111 Å². The molecule has 4 aliphatic rings. The number of methoxy groups -OCH3 is 2. The van der Waals surface area contributed by atoms with Crippen molar-refractivity contribution in [2.45, 2.75) is 70.5 Å². The zero-order chi connectivity index (χ0) is 45.1. The number of amides is 3. The van der Waals surface area contributed by atoms with E-state index in [4.69, 9.17) is 25.8 Å². The van der Waals surface area contributed by atoms with Gasteiger partial charge in [0.05, 0.1) is 56.9 Å². The van der Waals surface area contributed by atoms with E-state index in [0.29, 0.717) is 65.7 Å². The summed E-state index contributed by atoms with van der Waals surface area (Å²) in [5, 5.41) is 9.03. The third-order valence-electron chi connectivity index (χ3n) is 12.5. The minimum atomic E-state index is -3.60. The number of anilines is 6. The number of rotatable bonds is 15. The van der Waals surface area contributed by atoms with Crippen LogP contribution in [0.1, 0.15) is 66.9 Å².